The molecule has 2 fully saturated rings. The fourth-order valence-corrected chi connectivity index (χ4v) is 2.38. The summed E-state index contributed by atoms with van der Waals surface area (Å²) in [7, 11) is 2.06. The van der Waals surface area contributed by atoms with Crippen LogP contribution in [0.15, 0.2) is 0 Å². The standard InChI is InChI=1S/C13H23N3O2/c1-10(2)14-11(17)13(4-5-13)12(18)16-8-6-15(3)7-9-16/h10H,4-9H2,1-3H3,(H,14,17). The van der Waals surface area contributed by atoms with E-state index in [4.69, 9.17) is 0 Å². The maximum atomic E-state index is 12.5. The quantitative estimate of drug-likeness (QED) is 0.724. The lowest BCUT2D eigenvalue weighted by Crippen LogP contribution is -2.52. The molecule has 2 aliphatic rings. The Hall–Kier alpha value is -1.10. The third-order valence-corrected chi connectivity index (χ3v) is 3.80. The Balaban J connectivity index is 1.98. The Labute approximate surface area is 108 Å². The zero-order valence-corrected chi connectivity index (χ0v) is 11.5. The fourth-order valence-electron chi connectivity index (χ4n) is 2.38. The molecular weight excluding hydrogens is 230 g/mol. The van der Waals surface area contributed by atoms with Crippen LogP contribution in [-0.4, -0.2) is 60.9 Å². The maximum Gasteiger partial charge on any atom is 0.238 e. The van der Waals surface area contributed by atoms with Crippen molar-refractivity contribution < 1.29 is 9.59 Å². The molecule has 1 saturated heterocycles. The highest BCUT2D eigenvalue weighted by atomic mass is 16.2. The van der Waals surface area contributed by atoms with E-state index in [-0.39, 0.29) is 17.9 Å². The third kappa shape index (κ3) is 2.51. The molecular formula is C13H23N3O2. The van der Waals surface area contributed by atoms with Gasteiger partial charge in [0.05, 0.1) is 0 Å². The average Bonchev–Trinajstić information content (AvgIpc) is 3.09. The van der Waals surface area contributed by atoms with Gasteiger partial charge in [0.15, 0.2) is 0 Å². The maximum absolute atomic E-state index is 12.5. The van der Waals surface area contributed by atoms with Gasteiger partial charge in [0.2, 0.25) is 11.8 Å². The molecule has 2 rings (SSSR count). The lowest BCUT2D eigenvalue weighted by atomic mass is 10.0. The van der Waals surface area contributed by atoms with E-state index in [1.807, 2.05) is 18.7 Å². The smallest absolute Gasteiger partial charge is 0.238 e. The second-order valence-electron chi connectivity index (χ2n) is 5.81. The number of nitrogens with zero attached hydrogens (tertiary/aromatic N) is 2. The van der Waals surface area contributed by atoms with Gasteiger partial charge >= 0.3 is 0 Å². The highest BCUT2D eigenvalue weighted by Gasteiger charge is 2.58. The van der Waals surface area contributed by atoms with Crippen molar-refractivity contribution in [3.8, 4) is 0 Å². The van der Waals surface area contributed by atoms with Crippen LogP contribution in [0, 0.1) is 5.41 Å². The first-order valence-corrected chi connectivity index (χ1v) is 6.74. The SMILES string of the molecule is CC(C)NC(=O)C1(C(=O)N2CCN(C)CC2)CC1. The third-order valence-electron chi connectivity index (χ3n) is 3.80. The Bertz CT molecular complexity index is 342. The molecule has 18 heavy (non-hydrogen) atoms. The van der Waals surface area contributed by atoms with E-state index in [2.05, 4.69) is 17.3 Å². The minimum absolute atomic E-state index is 0.0359. The first kappa shape index (κ1) is 13.3. The lowest BCUT2D eigenvalue weighted by molar-refractivity contribution is -0.145. The number of nitrogens with one attached hydrogen (secondary N) is 1. The summed E-state index contributed by atoms with van der Waals surface area (Å²) in [6.45, 7) is 7.13. The number of rotatable bonds is 3. The van der Waals surface area contributed by atoms with E-state index in [1.54, 1.807) is 0 Å². The zero-order chi connectivity index (χ0) is 13.3. The van der Waals surface area contributed by atoms with E-state index >= 15 is 0 Å². The molecule has 0 aromatic heterocycles. The Morgan fingerprint density at radius 1 is 1.11 bits per heavy atom. The summed E-state index contributed by atoms with van der Waals surface area (Å²) in [4.78, 5) is 28.6. The van der Waals surface area contributed by atoms with Gasteiger partial charge in [-0.05, 0) is 33.7 Å². The molecule has 2 amide bonds. The molecule has 0 radical (unpaired) electrons. The van der Waals surface area contributed by atoms with Gasteiger partial charge in [0.1, 0.15) is 5.41 Å². The van der Waals surface area contributed by atoms with Crippen molar-refractivity contribution in [3.63, 3.8) is 0 Å². The fraction of sp³-hybridized carbons (Fsp3) is 0.846. The van der Waals surface area contributed by atoms with Crippen LogP contribution in [0.5, 0.6) is 0 Å². The van der Waals surface area contributed by atoms with Gasteiger partial charge in [-0.2, -0.15) is 0 Å². The molecule has 102 valence electrons. The van der Waals surface area contributed by atoms with Gasteiger partial charge in [-0.1, -0.05) is 0 Å². The molecule has 1 aliphatic heterocycles. The summed E-state index contributed by atoms with van der Waals surface area (Å²) in [6, 6.07) is 0.0928. The molecule has 0 aromatic carbocycles. The van der Waals surface area contributed by atoms with Crippen LogP contribution < -0.4 is 5.32 Å². The van der Waals surface area contributed by atoms with Crippen LogP contribution in [0.25, 0.3) is 0 Å². The van der Waals surface area contributed by atoms with Crippen LogP contribution in [0.3, 0.4) is 0 Å². The first-order chi connectivity index (χ1) is 8.45. The number of hydrogen-bond acceptors (Lipinski definition) is 3. The van der Waals surface area contributed by atoms with Crippen molar-refractivity contribution in [1.82, 2.24) is 15.1 Å². The summed E-state index contributed by atoms with van der Waals surface area (Å²) in [6.07, 6.45) is 1.41. The molecule has 1 aliphatic carbocycles. The van der Waals surface area contributed by atoms with Gasteiger partial charge < -0.3 is 15.1 Å². The van der Waals surface area contributed by atoms with Gasteiger partial charge in [0, 0.05) is 32.2 Å². The molecule has 1 N–H and O–H groups in total. The largest absolute Gasteiger partial charge is 0.353 e. The van der Waals surface area contributed by atoms with Crippen molar-refractivity contribution in [2.75, 3.05) is 33.2 Å². The molecule has 0 unspecified atom stereocenters. The number of amides is 2. The predicted octanol–water partition coefficient (Wildman–Crippen LogP) is 0.0652. The van der Waals surface area contributed by atoms with Gasteiger partial charge in [-0.25, -0.2) is 0 Å². The zero-order valence-electron chi connectivity index (χ0n) is 11.5. The highest BCUT2D eigenvalue weighted by molar-refractivity contribution is 6.07. The van der Waals surface area contributed by atoms with Crippen LogP contribution in [-0.2, 0) is 9.59 Å². The summed E-state index contributed by atoms with van der Waals surface area (Å²) in [5, 5.41) is 2.88. The number of piperazine rings is 1. The van der Waals surface area contributed by atoms with Crippen LogP contribution in [0.2, 0.25) is 0 Å². The molecule has 0 spiro atoms. The average molecular weight is 253 g/mol. The number of carbonyl (C=O) groups excluding carboxylic acids is 2. The van der Waals surface area contributed by atoms with Crippen molar-refractivity contribution >= 4 is 11.8 Å². The Morgan fingerprint density at radius 2 is 1.67 bits per heavy atom. The first-order valence-electron chi connectivity index (χ1n) is 6.74. The normalized spacial score (nSPS) is 23.0. The van der Waals surface area contributed by atoms with Crippen molar-refractivity contribution in [1.29, 1.82) is 0 Å². The van der Waals surface area contributed by atoms with E-state index in [9.17, 15) is 9.59 Å². The van der Waals surface area contributed by atoms with Crippen LogP contribution >= 0.6 is 0 Å². The van der Waals surface area contributed by atoms with Crippen molar-refractivity contribution in [2.45, 2.75) is 32.7 Å². The summed E-state index contributed by atoms with van der Waals surface area (Å²) in [5.74, 6) is -0.0461. The Kier molecular flexibility index (Phi) is 3.61. The summed E-state index contributed by atoms with van der Waals surface area (Å²) < 4.78 is 0. The molecule has 1 heterocycles. The minimum atomic E-state index is -0.736. The molecule has 5 heteroatoms. The van der Waals surface area contributed by atoms with E-state index < -0.39 is 5.41 Å². The second kappa shape index (κ2) is 4.88. The van der Waals surface area contributed by atoms with Crippen molar-refractivity contribution in [3.05, 3.63) is 0 Å². The summed E-state index contributed by atoms with van der Waals surface area (Å²) >= 11 is 0. The molecule has 1 saturated carbocycles. The Morgan fingerprint density at radius 3 is 2.11 bits per heavy atom. The minimum Gasteiger partial charge on any atom is -0.353 e. The topological polar surface area (TPSA) is 52.7 Å². The number of likely N-dealkylation sites (N-methyl/N-ethyl adjacent to an activating group) is 1. The predicted molar refractivity (Wildman–Crippen MR) is 69.0 cm³/mol. The molecule has 0 aromatic rings. The van der Waals surface area contributed by atoms with E-state index in [0.717, 1.165) is 26.2 Å². The van der Waals surface area contributed by atoms with Gasteiger partial charge in [-0.15, -0.1) is 0 Å². The van der Waals surface area contributed by atoms with E-state index in [0.29, 0.717) is 12.8 Å². The number of hydrogen-bond donors (Lipinski definition) is 1. The highest BCUT2D eigenvalue weighted by Crippen LogP contribution is 2.47. The lowest BCUT2D eigenvalue weighted by Gasteiger charge is -2.34. The van der Waals surface area contributed by atoms with Crippen LogP contribution in [0.4, 0.5) is 0 Å². The molecule has 0 atom stereocenters. The molecule has 0 bridgehead atoms. The van der Waals surface area contributed by atoms with Crippen molar-refractivity contribution in [2.24, 2.45) is 5.41 Å². The van der Waals surface area contributed by atoms with Gasteiger partial charge in [-0.3, -0.25) is 9.59 Å². The van der Waals surface area contributed by atoms with Gasteiger partial charge in [0.25, 0.3) is 0 Å². The van der Waals surface area contributed by atoms with E-state index in [1.165, 1.54) is 0 Å². The number of carbonyl (C=O) groups is 2. The summed E-state index contributed by atoms with van der Waals surface area (Å²) in [5.41, 5.74) is -0.736. The molecule has 5 nitrogen and oxygen atoms in total. The monoisotopic (exact) mass is 253 g/mol. The second-order valence-corrected chi connectivity index (χ2v) is 5.81. The van der Waals surface area contributed by atoms with Crippen LogP contribution in [0.1, 0.15) is 26.7 Å².